The maximum atomic E-state index is 11.7. The molecule has 4 rings (SSSR count). The van der Waals surface area contributed by atoms with Gasteiger partial charge in [0.15, 0.2) is 0 Å². The Morgan fingerprint density at radius 1 is 0.727 bits per heavy atom. The Morgan fingerprint density at radius 3 is 1.55 bits per heavy atom. The molecule has 0 spiro atoms. The summed E-state index contributed by atoms with van der Waals surface area (Å²) in [5.41, 5.74) is 4.80. The Balaban J connectivity index is 1.62. The van der Waals surface area contributed by atoms with E-state index >= 15 is 0 Å². The molecule has 1 saturated heterocycles. The molecule has 12 heteroatoms. The van der Waals surface area contributed by atoms with Crippen LogP contribution in [-0.2, 0) is 13.1 Å². The van der Waals surface area contributed by atoms with Gasteiger partial charge in [0.2, 0.25) is 0 Å². The van der Waals surface area contributed by atoms with Crippen molar-refractivity contribution in [3.05, 3.63) is 93.5 Å². The molecule has 238 valence electrons. The van der Waals surface area contributed by atoms with E-state index in [4.69, 9.17) is 46.4 Å². The van der Waals surface area contributed by atoms with Crippen molar-refractivity contribution < 1.29 is 10.0 Å². The highest BCUT2D eigenvalue weighted by Gasteiger charge is 2.33. The lowest BCUT2D eigenvalue weighted by Crippen LogP contribution is -2.46. The second-order valence-electron chi connectivity index (χ2n) is 10.7. The zero-order valence-electron chi connectivity index (χ0n) is 24.6. The first-order valence-corrected chi connectivity index (χ1v) is 16.9. The first kappa shape index (κ1) is 34.4. The van der Waals surface area contributed by atoms with E-state index in [2.05, 4.69) is 68.1 Å². The topological polar surface area (TPSA) is 76.3 Å². The molecule has 1 heterocycles. The number of halogens is 4. The van der Waals surface area contributed by atoms with Gasteiger partial charge in [0, 0.05) is 105 Å². The van der Waals surface area contributed by atoms with Crippen LogP contribution < -0.4 is 9.80 Å². The lowest BCUT2D eigenvalue weighted by molar-refractivity contribution is -0.385. The second-order valence-corrected chi connectivity index (χ2v) is 12.2. The van der Waals surface area contributed by atoms with Crippen LogP contribution in [0.3, 0.4) is 0 Å². The van der Waals surface area contributed by atoms with E-state index in [0.717, 1.165) is 42.0 Å². The maximum Gasteiger partial charge on any atom is 0.270 e. The number of nitrogens with zero attached hydrogens (tertiary/aromatic N) is 5. The summed E-state index contributed by atoms with van der Waals surface area (Å²) in [4.78, 5) is 20.2. The number of non-ortho nitro benzene ring substituents is 1. The third-order valence-electron chi connectivity index (χ3n) is 7.87. The highest BCUT2D eigenvalue weighted by atomic mass is 35.5. The average Bonchev–Trinajstić information content (AvgIpc) is 3.02. The number of nitro benzene ring substituents is 1. The summed E-state index contributed by atoms with van der Waals surface area (Å²) in [6, 6.07) is 21.0. The van der Waals surface area contributed by atoms with Gasteiger partial charge in [-0.2, -0.15) is 0 Å². The average molecular weight is 684 g/mol. The van der Waals surface area contributed by atoms with E-state index in [1.807, 2.05) is 0 Å². The van der Waals surface area contributed by atoms with Gasteiger partial charge >= 0.3 is 0 Å². The van der Waals surface area contributed by atoms with Gasteiger partial charge in [0.25, 0.3) is 5.69 Å². The number of anilines is 2. The van der Waals surface area contributed by atoms with Gasteiger partial charge in [-0.15, -0.1) is 46.4 Å². The van der Waals surface area contributed by atoms with Crippen LogP contribution in [0.1, 0.15) is 29.3 Å². The summed E-state index contributed by atoms with van der Waals surface area (Å²) >= 11 is 24.0. The van der Waals surface area contributed by atoms with Crippen molar-refractivity contribution in [2.45, 2.75) is 25.7 Å². The van der Waals surface area contributed by atoms with Gasteiger partial charge in [-0.25, -0.2) is 0 Å². The Labute approximate surface area is 279 Å². The van der Waals surface area contributed by atoms with Gasteiger partial charge in [-0.3, -0.25) is 19.9 Å². The molecule has 0 atom stereocenters. The highest BCUT2D eigenvalue weighted by molar-refractivity contribution is 6.19. The largest absolute Gasteiger partial charge is 0.508 e. The number of benzene rings is 3. The van der Waals surface area contributed by atoms with Crippen molar-refractivity contribution in [2.24, 2.45) is 0 Å². The Morgan fingerprint density at radius 2 is 1.16 bits per heavy atom. The summed E-state index contributed by atoms with van der Waals surface area (Å²) in [6.07, 6.45) is 0.553. The molecule has 0 radical (unpaired) electrons. The predicted octanol–water partition coefficient (Wildman–Crippen LogP) is 7.28. The first-order valence-electron chi connectivity index (χ1n) is 14.8. The van der Waals surface area contributed by atoms with Crippen molar-refractivity contribution >= 4 is 63.5 Å². The van der Waals surface area contributed by atoms with Crippen LogP contribution in [0.4, 0.5) is 17.1 Å². The van der Waals surface area contributed by atoms with Crippen molar-refractivity contribution in [1.82, 2.24) is 9.80 Å². The van der Waals surface area contributed by atoms with E-state index < -0.39 is 4.92 Å². The van der Waals surface area contributed by atoms with Crippen LogP contribution in [-0.4, -0.2) is 82.6 Å². The molecule has 1 N–H and O–H groups in total. The zero-order chi connectivity index (χ0) is 31.5. The molecule has 0 unspecified atom stereocenters. The van der Waals surface area contributed by atoms with Crippen molar-refractivity contribution in [1.29, 1.82) is 0 Å². The summed E-state index contributed by atoms with van der Waals surface area (Å²) in [5, 5.41) is 22.7. The van der Waals surface area contributed by atoms with Crippen LogP contribution in [0.2, 0.25) is 0 Å². The number of alkyl halides is 4. The summed E-state index contributed by atoms with van der Waals surface area (Å²) in [5.74, 6) is 2.09. The second kappa shape index (κ2) is 17.3. The SMILES string of the molecule is O=[N+]([O-])c1ccc(O)c(C2N(Cc3ccc(N(CCCl)CCCl)cc3)CCCN2Cc2ccc(N(CCCl)CCCl)cc2)c1. The monoisotopic (exact) mass is 681 g/mol. The lowest BCUT2D eigenvalue weighted by atomic mass is 10.0. The van der Waals surface area contributed by atoms with E-state index in [9.17, 15) is 15.2 Å². The number of rotatable bonds is 16. The predicted molar refractivity (Wildman–Crippen MR) is 183 cm³/mol. The lowest BCUT2D eigenvalue weighted by Gasteiger charge is -2.44. The molecule has 1 aliphatic heterocycles. The van der Waals surface area contributed by atoms with Gasteiger partial charge in [-0.05, 0) is 47.9 Å². The Kier molecular flexibility index (Phi) is 13.5. The van der Waals surface area contributed by atoms with Crippen molar-refractivity contribution in [2.75, 3.05) is 72.6 Å². The minimum Gasteiger partial charge on any atom is -0.508 e. The molecular formula is C32H39Cl4N5O3. The molecule has 0 amide bonds. The van der Waals surface area contributed by atoms with Gasteiger partial charge in [0.05, 0.1) is 11.1 Å². The highest BCUT2D eigenvalue weighted by Crippen LogP contribution is 2.38. The molecule has 0 bridgehead atoms. The summed E-state index contributed by atoms with van der Waals surface area (Å²) < 4.78 is 0. The number of phenols is 1. The summed E-state index contributed by atoms with van der Waals surface area (Å²) in [7, 11) is 0. The fourth-order valence-electron chi connectivity index (χ4n) is 5.78. The third-order valence-corrected chi connectivity index (χ3v) is 8.55. The standard InChI is InChI=1S/C32H39Cl4N5O3/c33-12-18-37(19-13-34)27-6-2-25(3-7-27)23-39-16-1-17-40(32(39)30-22-29(41(43)44)10-11-31(30)42)24-26-4-8-28(9-5-26)38(20-14-35)21-15-36/h2-11,22,32,42H,1,12-21,23-24H2. The van der Waals surface area contributed by atoms with E-state index in [1.165, 1.54) is 18.2 Å². The third kappa shape index (κ3) is 9.05. The van der Waals surface area contributed by atoms with Crippen LogP contribution in [0.5, 0.6) is 5.75 Å². The number of phenolic OH excluding ortho intramolecular Hbond substituents is 1. The smallest absolute Gasteiger partial charge is 0.270 e. The molecule has 1 fully saturated rings. The van der Waals surface area contributed by atoms with Crippen LogP contribution >= 0.6 is 46.4 Å². The number of hydrogen-bond acceptors (Lipinski definition) is 7. The summed E-state index contributed by atoms with van der Waals surface area (Å²) in [6.45, 7) is 5.62. The number of hydrogen-bond donors (Lipinski definition) is 1. The van der Waals surface area contributed by atoms with Gasteiger partial charge in [0.1, 0.15) is 5.75 Å². The van der Waals surface area contributed by atoms with Crippen LogP contribution in [0, 0.1) is 10.1 Å². The molecule has 0 aliphatic carbocycles. The number of nitro groups is 1. The fourth-order valence-corrected chi connectivity index (χ4v) is 6.60. The quantitative estimate of drug-likeness (QED) is 0.0967. The fraction of sp³-hybridized carbons (Fsp3) is 0.438. The van der Waals surface area contributed by atoms with Crippen LogP contribution in [0.15, 0.2) is 66.7 Å². The number of aromatic hydroxyl groups is 1. The van der Waals surface area contributed by atoms with Crippen LogP contribution in [0.25, 0.3) is 0 Å². The molecule has 0 aromatic heterocycles. The minimum absolute atomic E-state index is 0.0405. The Hall–Kier alpha value is -2.46. The van der Waals surface area contributed by atoms with E-state index in [0.29, 0.717) is 68.4 Å². The molecule has 44 heavy (non-hydrogen) atoms. The molecule has 0 saturated carbocycles. The molecule has 1 aliphatic rings. The normalized spacial score (nSPS) is 14.5. The molecule has 3 aromatic carbocycles. The van der Waals surface area contributed by atoms with E-state index in [1.54, 1.807) is 0 Å². The first-order chi connectivity index (χ1) is 21.4. The van der Waals surface area contributed by atoms with Gasteiger partial charge < -0.3 is 14.9 Å². The molecule has 8 nitrogen and oxygen atoms in total. The minimum atomic E-state index is -0.418. The molecular weight excluding hydrogens is 644 g/mol. The molecule has 3 aromatic rings. The maximum absolute atomic E-state index is 11.7. The van der Waals surface area contributed by atoms with Crippen molar-refractivity contribution in [3.8, 4) is 5.75 Å². The zero-order valence-corrected chi connectivity index (χ0v) is 27.7. The van der Waals surface area contributed by atoms with Gasteiger partial charge in [-0.1, -0.05) is 24.3 Å². The van der Waals surface area contributed by atoms with E-state index in [-0.39, 0.29) is 17.6 Å². The van der Waals surface area contributed by atoms with Crippen molar-refractivity contribution in [3.63, 3.8) is 0 Å². The Bertz CT molecular complexity index is 1250.